The predicted molar refractivity (Wildman–Crippen MR) is 69.4 cm³/mol. The van der Waals surface area contributed by atoms with Gasteiger partial charge in [0.05, 0.1) is 6.10 Å². The van der Waals surface area contributed by atoms with Gasteiger partial charge in [0.2, 0.25) is 0 Å². The highest BCUT2D eigenvalue weighted by atomic mass is 16.3. The average Bonchev–Trinajstić information content (AvgIpc) is 2.41. The number of anilines is 1. The van der Waals surface area contributed by atoms with Gasteiger partial charge >= 0.3 is 0 Å². The first-order valence-corrected chi connectivity index (χ1v) is 5.67. The number of rotatable bonds is 4. The molecule has 0 saturated heterocycles. The minimum atomic E-state index is -0.669. The molecule has 0 fully saturated rings. The lowest BCUT2D eigenvalue weighted by Crippen LogP contribution is -2.24. The Bertz CT molecular complexity index is 566. The van der Waals surface area contributed by atoms with Crippen LogP contribution in [0.1, 0.15) is 11.7 Å². The highest BCUT2D eigenvalue weighted by molar-refractivity contribution is 5.31. The van der Waals surface area contributed by atoms with Gasteiger partial charge in [-0.15, -0.1) is 0 Å². The zero-order chi connectivity index (χ0) is 13.0. The summed E-state index contributed by atoms with van der Waals surface area (Å²) in [5, 5.41) is 12.8. The van der Waals surface area contributed by atoms with E-state index in [1.165, 1.54) is 4.57 Å². The molecule has 1 aromatic heterocycles. The largest absolute Gasteiger partial charge is 0.387 e. The van der Waals surface area contributed by atoms with Crippen LogP contribution in [0.25, 0.3) is 0 Å². The Morgan fingerprint density at radius 3 is 2.83 bits per heavy atom. The van der Waals surface area contributed by atoms with Gasteiger partial charge in [-0.05, 0) is 5.56 Å². The smallest absolute Gasteiger partial charge is 0.293 e. The third-order valence-electron chi connectivity index (χ3n) is 2.66. The highest BCUT2D eigenvalue weighted by Gasteiger charge is 2.08. The fourth-order valence-corrected chi connectivity index (χ4v) is 1.61. The number of hydrogen-bond acceptors (Lipinski definition) is 4. The van der Waals surface area contributed by atoms with E-state index in [9.17, 15) is 9.90 Å². The van der Waals surface area contributed by atoms with Crippen LogP contribution in [-0.4, -0.2) is 21.2 Å². The maximum atomic E-state index is 11.7. The maximum Gasteiger partial charge on any atom is 0.293 e. The molecular formula is C13H15N3O2. The van der Waals surface area contributed by atoms with Crippen LogP contribution in [0, 0.1) is 0 Å². The summed E-state index contributed by atoms with van der Waals surface area (Å²) in [6.07, 6.45) is 2.46. The lowest BCUT2D eigenvalue weighted by Gasteiger charge is -2.12. The molecular weight excluding hydrogens is 230 g/mol. The molecule has 1 heterocycles. The van der Waals surface area contributed by atoms with E-state index in [2.05, 4.69) is 10.3 Å². The summed E-state index contributed by atoms with van der Waals surface area (Å²) in [5.41, 5.74) is 0.593. The minimum Gasteiger partial charge on any atom is -0.387 e. The van der Waals surface area contributed by atoms with Gasteiger partial charge < -0.3 is 15.0 Å². The Hall–Kier alpha value is -2.14. The summed E-state index contributed by atoms with van der Waals surface area (Å²) >= 11 is 0. The molecule has 0 saturated carbocycles. The monoisotopic (exact) mass is 245 g/mol. The van der Waals surface area contributed by atoms with E-state index in [0.29, 0.717) is 0 Å². The van der Waals surface area contributed by atoms with E-state index in [0.717, 1.165) is 5.56 Å². The van der Waals surface area contributed by atoms with Crippen LogP contribution in [0.5, 0.6) is 0 Å². The number of nitrogens with one attached hydrogen (secondary N) is 1. The van der Waals surface area contributed by atoms with Crippen molar-refractivity contribution in [2.45, 2.75) is 6.10 Å². The van der Waals surface area contributed by atoms with Crippen molar-refractivity contribution in [2.24, 2.45) is 7.05 Å². The average molecular weight is 245 g/mol. The summed E-state index contributed by atoms with van der Waals surface area (Å²) in [4.78, 5) is 15.6. The molecule has 1 unspecified atom stereocenters. The van der Waals surface area contributed by atoms with E-state index in [-0.39, 0.29) is 17.9 Å². The Morgan fingerprint density at radius 1 is 1.39 bits per heavy atom. The number of aromatic nitrogens is 2. The predicted octanol–water partition coefficient (Wildman–Crippen LogP) is 0.926. The van der Waals surface area contributed by atoms with Gasteiger partial charge in [0.1, 0.15) is 0 Å². The van der Waals surface area contributed by atoms with E-state index < -0.39 is 6.10 Å². The molecule has 5 heteroatoms. The molecule has 2 aromatic rings. The number of aryl methyl sites for hydroxylation is 1. The normalized spacial score (nSPS) is 12.1. The van der Waals surface area contributed by atoms with Crippen molar-refractivity contribution in [3.05, 3.63) is 58.6 Å². The summed E-state index contributed by atoms with van der Waals surface area (Å²) in [6.45, 7) is 0.246. The van der Waals surface area contributed by atoms with Gasteiger partial charge in [0.15, 0.2) is 5.82 Å². The molecule has 0 aliphatic rings. The van der Waals surface area contributed by atoms with Crippen LogP contribution < -0.4 is 10.9 Å². The van der Waals surface area contributed by atoms with Crippen molar-refractivity contribution in [1.29, 1.82) is 0 Å². The molecule has 0 bridgehead atoms. The molecule has 2 N–H and O–H groups in total. The van der Waals surface area contributed by atoms with Crippen LogP contribution in [0.15, 0.2) is 47.5 Å². The van der Waals surface area contributed by atoms with Crippen molar-refractivity contribution in [3.8, 4) is 0 Å². The van der Waals surface area contributed by atoms with Gasteiger partial charge in [-0.1, -0.05) is 30.3 Å². The molecule has 5 nitrogen and oxygen atoms in total. The van der Waals surface area contributed by atoms with Crippen LogP contribution in [0.2, 0.25) is 0 Å². The third-order valence-corrected chi connectivity index (χ3v) is 2.66. The van der Waals surface area contributed by atoms with Gasteiger partial charge in [-0.25, -0.2) is 4.98 Å². The fraction of sp³-hybridized carbons (Fsp3) is 0.231. The quantitative estimate of drug-likeness (QED) is 0.840. The fourth-order valence-electron chi connectivity index (χ4n) is 1.61. The van der Waals surface area contributed by atoms with Crippen molar-refractivity contribution < 1.29 is 5.11 Å². The van der Waals surface area contributed by atoms with Crippen molar-refractivity contribution in [1.82, 2.24) is 9.55 Å². The summed E-state index contributed by atoms with van der Waals surface area (Å²) in [5.74, 6) is 0.245. The SMILES string of the molecule is Cn1ccnc(NCC(O)c2ccccc2)c1=O. The second-order valence-electron chi connectivity index (χ2n) is 4.00. The molecule has 94 valence electrons. The second kappa shape index (κ2) is 5.46. The molecule has 0 radical (unpaired) electrons. The molecule has 18 heavy (non-hydrogen) atoms. The zero-order valence-electron chi connectivity index (χ0n) is 10.1. The lowest BCUT2D eigenvalue weighted by molar-refractivity contribution is 0.191. The number of hydrogen-bond donors (Lipinski definition) is 2. The highest BCUT2D eigenvalue weighted by Crippen LogP contribution is 2.11. The molecule has 1 aromatic carbocycles. The van der Waals surface area contributed by atoms with Gasteiger partial charge in [0, 0.05) is 26.0 Å². The summed E-state index contributed by atoms with van der Waals surface area (Å²) in [6, 6.07) is 9.28. The Kier molecular flexibility index (Phi) is 3.74. The summed E-state index contributed by atoms with van der Waals surface area (Å²) in [7, 11) is 1.66. The van der Waals surface area contributed by atoms with Crippen molar-refractivity contribution in [3.63, 3.8) is 0 Å². The van der Waals surface area contributed by atoms with Gasteiger partial charge in [-0.3, -0.25) is 4.79 Å². The topological polar surface area (TPSA) is 67.2 Å². The van der Waals surface area contributed by atoms with E-state index >= 15 is 0 Å². The van der Waals surface area contributed by atoms with Crippen molar-refractivity contribution >= 4 is 5.82 Å². The standard InChI is InChI=1S/C13H15N3O2/c1-16-8-7-14-12(13(16)18)15-9-11(17)10-5-3-2-4-6-10/h2-8,11,17H,9H2,1H3,(H,14,15). The molecule has 0 aliphatic heterocycles. The first kappa shape index (κ1) is 12.3. The lowest BCUT2D eigenvalue weighted by atomic mass is 10.1. The molecule has 0 spiro atoms. The minimum absolute atomic E-state index is 0.210. The number of aliphatic hydroxyl groups excluding tert-OH is 1. The number of nitrogens with zero attached hydrogens (tertiary/aromatic N) is 2. The number of aliphatic hydroxyl groups is 1. The molecule has 0 amide bonds. The first-order chi connectivity index (χ1) is 8.68. The number of benzene rings is 1. The molecule has 1 atom stereocenters. The third kappa shape index (κ3) is 2.75. The first-order valence-electron chi connectivity index (χ1n) is 5.67. The van der Waals surface area contributed by atoms with Crippen LogP contribution in [-0.2, 0) is 7.05 Å². The molecule has 0 aliphatic carbocycles. The van der Waals surface area contributed by atoms with Crippen LogP contribution in [0.3, 0.4) is 0 Å². The van der Waals surface area contributed by atoms with Crippen LogP contribution >= 0.6 is 0 Å². The summed E-state index contributed by atoms with van der Waals surface area (Å²) < 4.78 is 1.43. The van der Waals surface area contributed by atoms with Crippen LogP contribution in [0.4, 0.5) is 5.82 Å². The van der Waals surface area contributed by atoms with Gasteiger partial charge in [0.25, 0.3) is 5.56 Å². The second-order valence-corrected chi connectivity index (χ2v) is 4.00. The Labute approximate surface area is 105 Å². The van der Waals surface area contributed by atoms with E-state index in [4.69, 9.17) is 0 Å². The maximum absolute atomic E-state index is 11.7. The zero-order valence-corrected chi connectivity index (χ0v) is 10.1. The van der Waals surface area contributed by atoms with E-state index in [1.54, 1.807) is 19.4 Å². The Balaban J connectivity index is 2.04. The Morgan fingerprint density at radius 2 is 2.11 bits per heavy atom. The van der Waals surface area contributed by atoms with E-state index in [1.807, 2.05) is 30.3 Å². The van der Waals surface area contributed by atoms with Crippen molar-refractivity contribution in [2.75, 3.05) is 11.9 Å². The van der Waals surface area contributed by atoms with Gasteiger partial charge in [-0.2, -0.15) is 0 Å². The molecule has 2 rings (SSSR count).